The minimum atomic E-state index is -0.931. The van der Waals surface area contributed by atoms with Crippen molar-refractivity contribution in [2.75, 3.05) is 20.3 Å². The van der Waals surface area contributed by atoms with E-state index in [1.807, 2.05) is 24.3 Å². The summed E-state index contributed by atoms with van der Waals surface area (Å²) in [6.07, 6.45) is 6.70. The number of piperidine rings is 1. The van der Waals surface area contributed by atoms with Gasteiger partial charge in [-0.05, 0) is 133 Å². The summed E-state index contributed by atoms with van der Waals surface area (Å²) in [5.41, 5.74) is 2.38. The monoisotopic (exact) mass is 725 g/mol. The van der Waals surface area contributed by atoms with E-state index < -0.39 is 24.0 Å². The lowest BCUT2D eigenvalue weighted by Crippen LogP contribution is -2.50. The topological polar surface area (TPSA) is 157 Å². The second-order valence-electron chi connectivity index (χ2n) is 15.6. The summed E-state index contributed by atoms with van der Waals surface area (Å²) >= 11 is 0. The zero-order valence-electron chi connectivity index (χ0n) is 30.8. The first-order valence-corrected chi connectivity index (χ1v) is 19.5. The molecule has 6 rings (SSSR count). The molecule has 6 N–H and O–H groups in total. The van der Waals surface area contributed by atoms with Gasteiger partial charge < -0.3 is 35.6 Å². The molecule has 0 unspecified atom stereocenters. The molecule has 3 aliphatic rings. The van der Waals surface area contributed by atoms with Crippen LogP contribution in [0.5, 0.6) is 17.2 Å². The molecule has 9 nitrogen and oxygen atoms in total. The van der Waals surface area contributed by atoms with Gasteiger partial charge in [-0.25, -0.2) is 0 Å². The van der Waals surface area contributed by atoms with Crippen molar-refractivity contribution in [2.45, 2.75) is 108 Å². The number of phenolic OH excluding ortho intramolecular Hbond substituents is 2. The lowest BCUT2D eigenvalue weighted by molar-refractivity contribution is -0.124. The second kappa shape index (κ2) is 17.9. The highest BCUT2D eigenvalue weighted by atomic mass is 16.5. The lowest BCUT2D eigenvalue weighted by Gasteiger charge is -2.42. The van der Waals surface area contributed by atoms with Gasteiger partial charge in [0, 0.05) is 37.8 Å². The normalized spacial score (nSPS) is 24.8. The predicted molar refractivity (Wildman–Crippen MR) is 204 cm³/mol. The summed E-state index contributed by atoms with van der Waals surface area (Å²) in [6, 6.07) is 14.5. The Morgan fingerprint density at radius 1 is 0.906 bits per heavy atom. The van der Waals surface area contributed by atoms with Crippen LogP contribution in [0.25, 0.3) is 10.8 Å². The Morgan fingerprint density at radius 3 is 2.51 bits per heavy atom. The Bertz CT molecular complexity index is 1810. The fourth-order valence-corrected chi connectivity index (χ4v) is 9.02. The van der Waals surface area contributed by atoms with Crippen LogP contribution in [0, 0.1) is 35.5 Å². The van der Waals surface area contributed by atoms with Crippen LogP contribution in [0.15, 0.2) is 48.5 Å². The summed E-state index contributed by atoms with van der Waals surface area (Å²) in [5.74, 6) is 7.28. The van der Waals surface area contributed by atoms with Gasteiger partial charge in [-0.1, -0.05) is 42.9 Å². The van der Waals surface area contributed by atoms with E-state index in [0.717, 1.165) is 72.5 Å². The average Bonchev–Trinajstić information content (AvgIpc) is 3.22. The number of aliphatic hydroxyl groups excluding tert-OH is 3. The number of carbonyl (C=O) groups is 2. The number of ether oxygens (including phenoxy) is 1. The summed E-state index contributed by atoms with van der Waals surface area (Å²) < 4.78 is 5.40. The molecular formula is C44H55NO8. The van der Waals surface area contributed by atoms with Crippen molar-refractivity contribution in [3.8, 4) is 29.1 Å². The fraction of sp³-hybridized carbons (Fsp3) is 0.545. The number of aliphatic hydroxyl groups is 3. The molecule has 1 aliphatic heterocycles. The van der Waals surface area contributed by atoms with Crippen molar-refractivity contribution >= 4 is 22.3 Å². The van der Waals surface area contributed by atoms with Gasteiger partial charge in [0.1, 0.15) is 17.5 Å². The SMILES string of the molecule is COc1cc2c(cc1O)[C@H](CC[C@H](O)c1ccc3cc(O)ccc3c1)C#C[C@H]([C@H](O)CCC[C@H](CCCO)[C@H]1CN[C@@H]3CC(=O)CC[C@H]3C1)C(=O)CC2. The standard InChI is InChI=1S/C44H55NO8/c1-53-44-23-31-13-18-42(51)37(41(50)6-2-4-27(5-3-19-46)34-21-32-10-15-36(48)24-39(32)45-26-34)16-11-28(38(31)25-43(44)52)12-17-40(49)33-8-7-30-22-35(47)14-9-29(30)20-33/h7-9,14,20,22-23,25,27-28,32,34,37,39-41,45-47,49-50,52H,2-6,10,12-13,15,17-19,21,24,26H2,1H3/t27-,28+,32+,34-,37-,39-,40+,41-/m1/s1. The average molecular weight is 726 g/mol. The van der Waals surface area contributed by atoms with Crippen LogP contribution in [-0.2, 0) is 16.0 Å². The zero-order valence-corrected chi connectivity index (χ0v) is 30.8. The highest BCUT2D eigenvalue weighted by Gasteiger charge is 2.37. The maximum atomic E-state index is 13.7. The third-order valence-electron chi connectivity index (χ3n) is 12.1. The highest BCUT2D eigenvalue weighted by Crippen LogP contribution is 2.39. The number of Topliss-reactive ketones (excluding diaryl/α,β-unsaturated/α-hetero) is 2. The summed E-state index contributed by atoms with van der Waals surface area (Å²) in [4.78, 5) is 25.7. The Hall–Kier alpha value is -3.94. The fourth-order valence-electron chi connectivity index (χ4n) is 9.02. The number of benzene rings is 3. The minimum absolute atomic E-state index is 0.0186. The van der Waals surface area contributed by atoms with Gasteiger partial charge in [0.05, 0.1) is 19.3 Å². The molecule has 0 amide bonds. The van der Waals surface area contributed by atoms with Crippen molar-refractivity contribution in [1.82, 2.24) is 5.32 Å². The third kappa shape index (κ3) is 9.60. The van der Waals surface area contributed by atoms with Crippen LogP contribution >= 0.6 is 0 Å². The molecule has 0 spiro atoms. The number of ketones is 2. The minimum Gasteiger partial charge on any atom is -0.508 e. The Balaban J connectivity index is 1.15. The predicted octanol–water partition coefficient (Wildman–Crippen LogP) is 6.26. The number of hydrogen-bond acceptors (Lipinski definition) is 9. The first-order chi connectivity index (χ1) is 25.6. The molecule has 53 heavy (non-hydrogen) atoms. The number of methoxy groups -OCH3 is 1. The number of aryl methyl sites for hydroxylation is 1. The molecule has 0 aromatic heterocycles. The molecule has 284 valence electrons. The van der Waals surface area contributed by atoms with Crippen LogP contribution in [-0.4, -0.2) is 69.5 Å². The number of carbonyl (C=O) groups excluding carboxylic acids is 2. The largest absolute Gasteiger partial charge is 0.508 e. The first kappa shape index (κ1) is 38.8. The molecule has 9 heteroatoms. The van der Waals surface area contributed by atoms with Crippen LogP contribution in [0.4, 0.5) is 0 Å². The molecule has 2 aliphatic carbocycles. The van der Waals surface area contributed by atoms with Crippen LogP contribution in [0.1, 0.15) is 106 Å². The Morgan fingerprint density at radius 2 is 1.70 bits per heavy atom. The lowest BCUT2D eigenvalue weighted by atomic mass is 9.70. The van der Waals surface area contributed by atoms with Gasteiger partial charge in [-0.15, -0.1) is 0 Å². The zero-order chi connectivity index (χ0) is 37.5. The van der Waals surface area contributed by atoms with Crippen molar-refractivity contribution < 1.29 is 39.9 Å². The van der Waals surface area contributed by atoms with Crippen LogP contribution in [0.2, 0.25) is 0 Å². The van der Waals surface area contributed by atoms with E-state index in [1.54, 1.807) is 24.3 Å². The highest BCUT2D eigenvalue weighted by molar-refractivity contribution is 5.85. The molecule has 0 radical (unpaired) electrons. The summed E-state index contributed by atoms with van der Waals surface area (Å²) in [6.45, 7) is 1.01. The van der Waals surface area contributed by atoms with Gasteiger partial charge >= 0.3 is 0 Å². The quantitative estimate of drug-likeness (QED) is 0.106. The molecular weight excluding hydrogens is 670 g/mol. The molecule has 1 saturated heterocycles. The molecule has 8 atom stereocenters. The van der Waals surface area contributed by atoms with E-state index in [2.05, 4.69) is 17.2 Å². The number of hydrogen-bond donors (Lipinski definition) is 6. The maximum absolute atomic E-state index is 13.7. The first-order valence-electron chi connectivity index (χ1n) is 19.5. The van der Waals surface area contributed by atoms with Crippen molar-refractivity contribution in [3.63, 3.8) is 0 Å². The molecule has 1 saturated carbocycles. The van der Waals surface area contributed by atoms with Gasteiger partial charge in [0.15, 0.2) is 17.3 Å². The van der Waals surface area contributed by atoms with E-state index in [1.165, 1.54) is 7.11 Å². The maximum Gasteiger partial charge on any atom is 0.160 e. The third-order valence-corrected chi connectivity index (χ3v) is 12.1. The van der Waals surface area contributed by atoms with Crippen LogP contribution in [0.3, 0.4) is 0 Å². The molecule has 1 heterocycles. The van der Waals surface area contributed by atoms with Gasteiger partial charge in [-0.3, -0.25) is 9.59 Å². The van der Waals surface area contributed by atoms with Gasteiger partial charge in [0.2, 0.25) is 0 Å². The van der Waals surface area contributed by atoms with Crippen molar-refractivity contribution in [3.05, 3.63) is 65.2 Å². The molecule has 3 aromatic rings. The second-order valence-corrected chi connectivity index (χ2v) is 15.6. The smallest absolute Gasteiger partial charge is 0.160 e. The Labute approximate surface area is 312 Å². The number of phenols is 2. The van der Waals surface area contributed by atoms with E-state index in [9.17, 15) is 35.1 Å². The Kier molecular flexibility index (Phi) is 13.1. The van der Waals surface area contributed by atoms with E-state index in [-0.39, 0.29) is 36.4 Å². The number of rotatable bonds is 14. The number of fused-ring (bicyclic) bond motifs is 3. The van der Waals surface area contributed by atoms with Gasteiger partial charge in [0.25, 0.3) is 0 Å². The summed E-state index contributed by atoms with van der Waals surface area (Å²) in [7, 11) is 1.49. The van der Waals surface area contributed by atoms with Crippen molar-refractivity contribution in [1.29, 1.82) is 0 Å². The molecule has 3 aromatic carbocycles. The van der Waals surface area contributed by atoms with E-state index in [4.69, 9.17) is 4.74 Å². The molecule has 2 fully saturated rings. The van der Waals surface area contributed by atoms with Crippen LogP contribution < -0.4 is 10.1 Å². The summed E-state index contributed by atoms with van der Waals surface area (Å²) in [5, 5.41) is 58.5. The number of aromatic hydroxyl groups is 2. The van der Waals surface area contributed by atoms with E-state index in [0.29, 0.717) is 67.8 Å². The van der Waals surface area contributed by atoms with Crippen molar-refractivity contribution in [2.24, 2.45) is 23.7 Å². The number of nitrogens with one attached hydrogen (secondary N) is 1. The van der Waals surface area contributed by atoms with E-state index >= 15 is 0 Å². The molecule has 0 bridgehead atoms. The van der Waals surface area contributed by atoms with Gasteiger partial charge in [-0.2, -0.15) is 0 Å².